The Morgan fingerprint density at radius 1 is 1.20 bits per heavy atom. The quantitative estimate of drug-likeness (QED) is 0.792. The Balaban J connectivity index is 2.54. The van der Waals surface area contributed by atoms with Gasteiger partial charge in [0.05, 0.1) is 0 Å². The molecule has 20 heavy (non-hydrogen) atoms. The predicted octanol–water partition coefficient (Wildman–Crippen LogP) is 2.60. The normalized spacial score (nSPS) is 12.3. The van der Waals surface area contributed by atoms with Gasteiger partial charge in [-0.15, -0.1) is 0 Å². The summed E-state index contributed by atoms with van der Waals surface area (Å²) in [5.74, 6) is 0.449. The van der Waals surface area contributed by atoms with E-state index in [-0.39, 0.29) is 5.04 Å². The highest BCUT2D eigenvalue weighted by molar-refractivity contribution is 6.74. The van der Waals surface area contributed by atoms with Crippen LogP contribution in [0.1, 0.15) is 26.3 Å². The summed E-state index contributed by atoms with van der Waals surface area (Å²) in [6.45, 7) is 11.8. The maximum absolute atomic E-state index is 8.78. The Morgan fingerprint density at radius 3 is 2.40 bits per heavy atom. The van der Waals surface area contributed by atoms with Crippen LogP contribution in [0.5, 0.6) is 5.75 Å². The zero-order valence-corrected chi connectivity index (χ0v) is 14.0. The van der Waals surface area contributed by atoms with E-state index in [2.05, 4.69) is 33.9 Å². The summed E-state index contributed by atoms with van der Waals surface area (Å²) >= 11 is 0. The highest BCUT2D eigenvalue weighted by Gasteiger charge is 2.36. The highest BCUT2D eigenvalue weighted by Crippen LogP contribution is 2.36. The monoisotopic (exact) mass is 296 g/mol. The van der Waals surface area contributed by atoms with E-state index < -0.39 is 15.6 Å². The van der Waals surface area contributed by atoms with Crippen molar-refractivity contribution in [1.82, 2.24) is 0 Å². The van der Waals surface area contributed by atoms with Gasteiger partial charge in [-0.2, -0.15) is 0 Å². The van der Waals surface area contributed by atoms with Crippen molar-refractivity contribution in [3.8, 4) is 5.75 Å². The second kappa shape index (κ2) is 6.76. The summed E-state index contributed by atoms with van der Waals surface area (Å²) in [5, 5.41) is 17.8. The molecule has 0 fully saturated rings. The van der Waals surface area contributed by atoms with Gasteiger partial charge in [-0.05, 0) is 42.2 Å². The molecule has 0 aliphatic carbocycles. The van der Waals surface area contributed by atoms with Gasteiger partial charge in [0.1, 0.15) is 5.75 Å². The van der Waals surface area contributed by atoms with Crippen LogP contribution >= 0.6 is 0 Å². The van der Waals surface area contributed by atoms with Crippen molar-refractivity contribution in [2.45, 2.75) is 45.3 Å². The van der Waals surface area contributed by atoms with Crippen molar-refractivity contribution in [2.75, 3.05) is 6.61 Å². The minimum absolute atomic E-state index is 0.207. The molecular formula is C14H25BO4Si. The number of hydrogen-bond donors (Lipinski definition) is 2. The molecule has 0 aliphatic rings. The smallest absolute Gasteiger partial charge is 0.512 e. The molecule has 0 amide bonds. The summed E-state index contributed by atoms with van der Waals surface area (Å²) in [6, 6.07) is 7.30. The van der Waals surface area contributed by atoms with Gasteiger partial charge < -0.3 is 19.1 Å². The molecule has 0 spiro atoms. The van der Waals surface area contributed by atoms with Crippen molar-refractivity contribution in [3.05, 3.63) is 29.8 Å². The molecule has 112 valence electrons. The third kappa shape index (κ3) is 5.28. The summed E-state index contributed by atoms with van der Waals surface area (Å²) in [5.41, 5.74) is 1.06. The van der Waals surface area contributed by atoms with Gasteiger partial charge in [-0.25, -0.2) is 0 Å². The van der Waals surface area contributed by atoms with E-state index in [0.29, 0.717) is 12.4 Å². The maximum atomic E-state index is 8.78. The largest absolute Gasteiger partial charge is 0.707 e. The first-order chi connectivity index (χ1) is 9.12. The second-order valence-electron chi connectivity index (χ2n) is 6.45. The van der Waals surface area contributed by atoms with Crippen LogP contribution in [0.2, 0.25) is 18.1 Å². The van der Waals surface area contributed by atoms with Gasteiger partial charge in [0.15, 0.2) is 8.32 Å². The lowest BCUT2D eigenvalue weighted by Crippen LogP contribution is -2.41. The second-order valence-corrected chi connectivity index (χ2v) is 11.3. The zero-order chi connectivity index (χ0) is 15.4. The van der Waals surface area contributed by atoms with Gasteiger partial charge >= 0.3 is 7.32 Å². The van der Waals surface area contributed by atoms with Gasteiger partial charge in [0.25, 0.3) is 0 Å². The van der Waals surface area contributed by atoms with Crippen molar-refractivity contribution in [2.24, 2.45) is 0 Å². The first kappa shape index (κ1) is 17.2. The zero-order valence-electron chi connectivity index (χ0n) is 13.0. The third-order valence-corrected chi connectivity index (χ3v) is 8.34. The Labute approximate surface area is 123 Å². The molecule has 0 heterocycles. The number of hydrogen-bond acceptors (Lipinski definition) is 4. The lowest BCUT2D eigenvalue weighted by Gasteiger charge is -2.36. The van der Waals surface area contributed by atoms with Crippen molar-refractivity contribution < 1.29 is 19.1 Å². The molecule has 2 N–H and O–H groups in total. The summed E-state index contributed by atoms with van der Waals surface area (Å²) in [4.78, 5) is 0. The molecule has 0 aliphatic heterocycles. The molecule has 1 rings (SSSR count). The molecule has 0 radical (unpaired) electrons. The molecule has 0 aromatic heterocycles. The standard InChI is InChI=1S/C14H25BO4Si/c1-14(2,3)20(4,5)18-10-9-12-7-6-8-13(11-12)19-15(16)17/h6-8,11,16-17H,9-10H2,1-5H3. The average molecular weight is 296 g/mol. The average Bonchev–Trinajstić information content (AvgIpc) is 2.26. The predicted molar refractivity (Wildman–Crippen MR) is 84.1 cm³/mol. The van der Waals surface area contributed by atoms with Gasteiger partial charge in [0.2, 0.25) is 0 Å². The lowest BCUT2D eigenvalue weighted by atomic mass is 10.1. The van der Waals surface area contributed by atoms with Crippen molar-refractivity contribution in [3.63, 3.8) is 0 Å². The molecule has 0 unspecified atom stereocenters. The van der Waals surface area contributed by atoms with Gasteiger partial charge in [-0.3, -0.25) is 0 Å². The molecule has 1 aromatic carbocycles. The molecular weight excluding hydrogens is 271 g/mol. The molecule has 0 saturated heterocycles. The SMILES string of the molecule is CC(C)(C)[Si](C)(C)OCCc1cccc(OB(O)O)c1. The van der Waals surface area contributed by atoms with Crippen LogP contribution in [-0.4, -0.2) is 32.3 Å². The van der Waals surface area contributed by atoms with E-state index in [9.17, 15) is 0 Å². The van der Waals surface area contributed by atoms with Gasteiger partial charge in [0, 0.05) is 6.61 Å². The molecule has 0 atom stereocenters. The van der Waals surface area contributed by atoms with Crippen LogP contribution in [0.4, 0.5) is 0 Å². The van der Waals surface area contributed by atoms with E-state index in [1.807, 2.05) is 12.1 Å². The van der Waals surface area contributed by atoms with Crippen LogP contribution in [0.15, 0.2) is 24.3 Å². The Bertz CT molecular complexity index is 429. The Kier molecular flexibility index (Phi) is 5.82. The summed E-state index contributed by atoms with van der Waals surface area (Å²) < 4.78 is 11.0. The molecule has 0 saturated carbocycles. The van der Waals surface area contributed by atoms with Crippen LogP contribution < -0.4 is 4.65 Å². The first-order valence-corrected chi connectivity index (χ1v) is 9.78. The van der Waals surface area contributed by atoms with Crippen LogP contribution in [-0.2, 0) is 10.8 Å². The molecule has 0 bridgehead atoms. The van der Waals surface area contributed by atoms with E-state index in [1.54, 1.807) is 12.1 Å². The number of rotatable bonds is 6. The Hall–Kier alpha value is -0.818. The van der Waals surface area contributed by atoms with Gasteiger partial charge in [-0.1, -0.05) is 32.9 Å². The summed E-state index contributed by atoms with van der Waals surface area (Å²) in [6.07, 6.45) is 0.783. The number of benzene rings is 1. The summed E-state index contributed by atoms with van der Waals surface area (Å²) in [7, 11) is -3.49. The minimum atomic E-state index is -1.78. The molecule has 6 heteroatoms. The maximum Gasteiger partial charge on any atom is 0.707 e. The molecule has 4 nitrogen and oxygen atoms in total. The Morgan fingerprint density at radius 2 is 1.85 bits per heavy atom. The van der Waals surface area contributed by atoms with Crippen LogP contribution in [0, 0.1) is 0 Å². The fourth-order valence-electron chi connectivity index (χ4n) is 1.54. The van der Waals surface area contributed by atoms with Crippen molar-refractivity contribution in [1.29, 1.82) is 0 Å². The molecule has 1 aromatic rings. The lowest BCUT2D eigenvalue weighted by molar-refractivity contribution is 0.287. The highest BCUT2D eigenvalue weighted by atomic mass is 28.4. The first-order valence-electron chi connectivity index (χ1n) is 6.87. The van der Waals surface area contributed by atoms with Crippen LogP contribution in [0.3, 0.4) is 0 Å². The fourth-order valence-corrected chi connectivity index (χ4v) is 2.58. The minimum Gasteiger partial charge on any atom is -0.512 e. The van der Waals surface area contributed by atoms with E-state index in [0.717, 1.165) is 12.0 Å². The van der Waals surface area contributed by atoms with E-state index in [4.69, 9.17) is 19.1 Å². The van der Waals surface area contributed by atoms with E-state index >= 15 is 0 Å². The van der Waals surface area contributed by atoms with E-state index in [1.165, 1.54) is 0 Å². The van der Waals surface area contributed by atoms with Crippen LogP contribution in [0.25, 0.3) is 0 Å². The third-order valence-electron chi connectivity index (χ3n) is 3.80. The fraction of sp³-hybridized carbons (Fsp3) is 0.571. The topological polar surface area (TPSA) is 58.9 Å². The van der Waals surface area contributed by atoms with Crippen molar-refractivity contribution >= 4 is 15.6 Å².